The van der Waals surface area contributed by atoms with Crippen molar-refractivity contribution < 1.29 is 9.53 Å². The van der Waals surface area contributed by atoms with Gasteiger partial charge in [0.15, 0.2) is 0 Å². The van der Waals surface area contributed by atoms with E-state index in [0.29, 0.717) is 5.56 Å². The highest BCUT2D eigenvalue weighted by Gasteiger charge is 2.24. The molecule has 100 valence electrons. The number of rotatable bonds is 2. The van der Waals surface area contributed by atoms with Crippen LogP contribution in [0.2, 0.25) is 0 Å². The van der Waals surface area contributed by atoms with E-state index in [9.17, 15) is 4.79 Å². The van der Waals surface area contributed by atoms with Crippen molar-refractivity contribution in [2.45, 2.75) is 39.7 Å². The fourth-order valence-electron chi connectivity index (χ4n) is 2.53. The fraction of sp³-hybridized carbons (Fsp3) is 0.643. The molecular weight excluding hydrogens is 228 g/mol. The number of nitrogens with one attached hydrogen (secondary N) is 1. The zero-order valence-corrected chi connectivity index (χ0v) is 11.7. The zero-order valence-electron chi connectivity index (χ0n) is 11.7. The second-order valence-electron chi connectivity index (χ2n) is 5.28. The van der Waals surface area contributed by atoms with Gasteiger partial charge in [0.1, 0.15) is 6.10 Å². The molecule has 0 amide bonds. The van der Waals surface area contributed by atoms with E-state index in [2.05, 4.69) is 16.9 Å². The molecule has 0 unspecified atom stereocenters. The minimum Gasteiger partial charge on any atom is -0.459 e. The lowest BCUT2D eigenvalue weighted by molar-refractivity contribution is 0.0138. The standard InChI is InChI=1S/C14H22N2O2/c1-9-10(2)15-11(3)13(9)14(17)18-12-5-7-16(4)8-6-12/h12,15H,5-8H2,1-4H3. The number of ether oxygens (including phenoxy) is 1. The van der Waals surface area contributed by atoms with Crippen molar-refractivity contribution in [1.82, 2.24) is 9.88 Å². The van der Waals surface area contributed by atoms with Crippen LogP contribution in [0.4, 0.5) is 0 Å². The van der Waals surface area contributed by atoms with E-state index < -0.39 is 0 Å². The Morgan fingerprint density at radius 2 is 1.83 bits per heavy atom. The number of aromatic nitrogens is 1. The van der Waals surface area contributed by atoms with Crippen molar-refractivity contribution in [3.05, 3.63) is 22.5 Å². The van der Waals surface area contributed by atoms with Crippen LogP contribution in [-0.4, -0.2) is 42.1 Å². The van der Waals surface area contributed by atoms with E-state index in [0.717, 1.165) is 42.9 Å². The summed E-state index contributed by atoms with van der Waals surface area (Å²) >= 11 is 0. The Bertz CT molecular complexity index is 443. The molecule has 1 aliphatic heterocycles. The molecule has 1 aromatic rings. The van der Waals surface area contributed by atoms with Gasteiger partial charge in [0.25, 0.3) is 0 Å². The summed E-state index contributed by atoms with van der Waals surface area (Å²) in [6.45, 7) is 7.87. The molecule has 4 heteroatoms. The number of likely N-dealkylation sites (tertiary alicyclic amines) is 1. The van der Waals surface area contributed by atoms with Crippen LogP contribution < -0.4 is 0 Å². The smallest absolute Gasteiger partial charge is 0.340 e. The van der Waals surface area contributed by atoms with Crippen LogP contribution in [0.3, 0.4) is 0 Å². The minimum absolute atomic E-state index is 0.0720. The second kappa shape index (κ2) is 5.14. The summed E-state index contributed by atoms with van der Waals surface area (Å²) in [4.78, 5) is 17.7. The van der Waals surface area contributed by atoms with Crippen molar-refractivity contribution in [3.63, 3.8) is 0 Å². The summed E-state index contributed by atoms with van der Waals surface area (Å²) < 4.78 is 5.62. The molecule has 2 rings (SSSR count). The van der Waals surface area contributed by atoms with E-state index in [1.54, 1.807) is 0 Å². The van der Waals surface area contributed by atoms with Gasteiger partial charge in [0.2, 0.25) is 0 Å². The van der Waals surface area contributed by atoms with Gasteiger partial charge >= 0.3 is 5.97 Å². The summed E-state index contributed by atoms with van der Waals surface area (Å²) in [5.41, 5.74) is 3.67. The number of hydrogen-bond donors (Lipinski definition) is 1. The molecule has 4 nitrogen and oxygen atoms in total. The molecule has 1 aromatic heterocycles. The van der Waals surface area contributed by atoms with E-state index in [-0.39, 0.29) is 12.1 Å². The van der Waals surface area contributed by atoms with Crippen LogP contribution in [-0.2, 0) is 4.74 Å². The van der Waals surface area contributed by atoms with Crippen molar-refractivity contribution in [2.75, 3.05) is 20.1 Å². The average Bonchev–Trinajstić information content (AvgIpc) is 2.56. The highest BCUT2D eigenvalue weighted by atomic mass is 16.5. The van der Waals surface area contributed by atoms with Crippen LogP contribution >= 0.6 is 0 Å². The Morgan fingerprint density at radius 1 is 1.22 bits per heavy atom. The molecule has 0 atom stereocenters. The topological polar surface area (TPSA) is 45.3 Å². The summed E-state index contributed by atoms with van der Waals surface area (Å²) in [5.74, 6) is -0.177. The Kier molecular flexibility index (Phi) is 3.76. The maximum absolute atomic E-state index is 12.2. The summed E-state index contributed by atoms with van der Waals surface area (Å²) in [5, 5.41) is 0. The maximum atomic E-state index is 12.2. The Hall–Kier alpha value is -1.29. The predicted molar refractivity (Wildman–Crippen MR) is 70.9 cm³/mol. The van der Waals surface area contributed by atoms with Gasteiger partial charge in [0.05, 0.1) is 5.56 Å². The molecule has 0 aromatic carbocycles. The quantitative estimate of drug-likeness (QED) is 0.818. The number of H-pyrrole nitrogens is 1. The lowest BCUT2D eigenvalue weighted by atomic mass is 10.1. The Morgan fingerprint density at radius 3 is 2.33 bits per heavy atom. The van der Waals surface area contributed by atoms with E-state index in [1.165, 1.54) is 0 Å². The van der Waals surface area contributed by atoms with E-state index in [1.807, 2.05) is 20.8 Å². The summed E-state index contributed by atoms with van der Waals surface area (Å²) in [7, 11) is 2.10. The van der Waals surface area contributed by atoms with Gasteiger partial charge in [-0.05, 0) is 46.2 Å². The van der Waals surface area contributed by atoms with E-state index >= 15 is 0 Å². The minimum atomic E-state index is -0.177. The van der Waals surface area contributed by atoms with Crippen molar-refractivity contribution in [2.24, 2.45) is 0 Å². The van der Waals surface area contributed by atoms with Crippen LogP contribution in [0.5, 0.6) is 0 Å². The molecule has 1 aliphatic rings. The first-order valence-electron chi connectivity index (χ1n) is 6.54. The van der Waals surface area contributed by atoms with Crippen LogP contribution in [0.1, 0.15) is 40.2 Å². The molecule has 0 saturated carbocycles. The first-order valence-corrected chi connectivity index (χ1v) is 6.54. The van der Waals surface area contributed by atoms with Gasteiger partial charge in [-0.25, -0.2) is 4.79 Å². The Labute approximate surface area is 108 Å². The van der Waals surface area contributed by atoms with Gasteiger partial charge in [0, 0.05) is 24.5 Å². The summed E-state index contributed by atoms with van der Waals surface area (Å²) in [6, 6.07) is 0. The van der Waals surface area contributed by atoms with Crippen LogP contribution in [0.25, 0.3) is 0 Å². The normalized spacial score (nSPS) is 18.0. The number of esters is 1. The van der Waals surface area contributed by atoms with Gasteiger partial charge in [-0.1, -0.05) is 0 Å². The number of piperidine rings is 1. The molecule has 18 heavy (non-hydrogen) atoms. The third-order valence-electron chi connectivity index (χ3n) is 3.83. The van der Waals surface area contributed by atoms with E-state index in [4.69, 9.17) is 4.74 Å². The number of hydrogen-bond acceptors (Lipinski definition) is 3. The van der Waals surface area contributed by atoms with Crippen molar-refractivity contribution in [1.29, 1.82) is 0 Å². The molecule has 0 radical (unpaired) electrons. The highest BCUT2D eigenvalue weighted by molar-refractivity contribution is 5.92. The monoisotopic (exact) mass is 250 g/mol. The first kappa shape index (κ1) is 13.1. The molecule has 0 bridgehead atoms. The second-order valence-corrected chi connectivity index (χ2v) is 5.28. The number of aromatic amines is 1. The zero-order chi connectivity index (χ0) is 13.3. The molecule has 1 fully saturated rings. The lowest BCUT2D eigenvalue weighted by Crippen LogP contribution is -2.35. The summed E-state index contributed by atoms with van der Waals surface area (Å²) in [6.07, 6.45) is 1.94. The van der Waals surface area contributed by atoms with Gasteiger partial charge in [-0.2, -0.15) is 0 Å². The maximum Gasteiger partial charge on any atom is 0.340 e. The average molecular weight is 250 g/mol. The number of nitrogens with zero attached hydrogens (tertiary/aromatic N) is 1. The van der Waals surface area contributed by atoms with Crippen molar-refractivity contribution in [3.8, 4) is 0 Å². The molecule has 0 aliphatic carbocycles. The third kappa shape index (κ3) is 2.58. The largest absolute Gasteiger partial charge is 0.459 e. The van der Waals surface area contributed by atoms with Gasteiger partial charge in [-0.15, -0.1) is 0 Å². The van der Waals surface area contributed by atoms with Crippen LogP contribution in [0, 0.1) is 20.8 Å². The Balaban J connectivity index is 2.04. The van der Waals surface area contributed by atoms with Gasteiger partial charge < -0.3 is 14.6 Å². The predicted octanol–water partition coefficient (Wildman–Crippen LogP) is 2.19. The molecule has 1 saturated heterocycles. The molecular formula is C14H22N2O2. The third-order valence-corrected chi connectivity index (χ3v) is 3.83. The molecule has 2 heterocycles. The number of carbonyl (C=O) groups is 1. The first-order chi connectivity index (χ1) is 8.49. The lowest BCUT2D eigenvalue weighted by Gasteiger charge is -2.28. The SMILES string of the molecule is Cc1[nH]c(C)c(C(=O)OC2CCN(C)CC2)c1C. The van der Waals surface area contributed by atoms with Gasteiger partial charge in [-0.3, -0.25) is 0 Å². The fourth-order valence-corrected chi connectivity index (χ4v) is 2.53. The molecule has 1 N–H and O–H groups in total. The highest BCUT2D eigenvalue weighted by Crippen LogP contribution is 2.20. The number of aryl methyl sites for hydroxylation is 2. The molecule has 0 spiro atoms. The number of carbonyl (C=O) groups excluding carboxylic acids is 1. The van der Waals surface area contributed by atoms with Crippen molar-refractivity contribution >= 4 is 5.97 Å². The van der Waals surface area contributed by atoms with Crippen LogP contribution in [0.15, 0.2) is 0 Å².